The van der Waals surface area contributed by atoms with E-state index < -0.39 is 5.41 Å². The summed E-state index contributed by atoms with van der Waals surface area (Å²) in [5.41, 5.74) is 3.72. The van der Waals surface area contributed by atoms with Gasteiger partial charge in [-0.25, -0.2) is 0 Å². The summed E-state index contributed by atoms with van der Waals surface area (Å²) in [7, 11) is 0. The van der Waals surface area contributed by atoms with Crippen molar-refractivity contribution in [2.45, 2.75) is 68.2 Å². The predicted octanol–water partition coefficient (Wildman–Crippen LogP) is 7.62. The van der Waals surface area contributed by atoms with E-state index in [1.807, 2.05) is 60.0 Å². The van der Waals surface area contributed by atoms with Crippen molar-refractivity contribution in [1.29, 1.82) is 0 Å². The second-order valence-electron chi connectivity index (χ2n) is 10.9. The van der Waals surface area contributed by atoms with Crippen LogP contribution in [0.15, 0.2) is 54.7 Å². The van der Waals surface area contributed by atoms with Crippen LogP contribution in [0, 0.1) is 23.8 Å². The van der Waals surface area contributed by atoms with Gasteiger partial charge in [-0.1, -0.05) is 68.4 Å². The van der Waals surface area contributed by atoms with E-state index in [2.05, 4.69) is 55.0 Å². The molecule has 185 valence electrons. The number of benzene rings is 1. The summed E-state index contributed by atoms with van der Waals surface area (Å²) in [6.07, 6.45) is 6.90. The monoisotopic (exact) mass is 638 g/mol. The van der Waals surface area contributed by atoms with Gasteiger partial charge < -0.3 is 10.1 Å². The molecular formula is C29H37IrN2O2-. The van der Waals surface area contributed by atoms with E-state index >= 15 is 0 Å². The maximum Gasteiger partial charge on any atom is 0.164 e. The number of aryl methyl sites for hydroxylation is 1. The average molecular weight is 638 g/mol. The SMILES string of the molecule is CC(C)(C)C(=O)/C=C(\O)C(C)(C)C.Cc1[c-]c(-c2cc3cnccc3cn2)cc(C(C)C)c1.[Ir]. The predicted molar refractivity (Wildman–Crippen MR) is 137 cm³/mol. The molecule has 2 heterocycles. The molecular weight excluding hydrogens is 601 g/mol. The van der Waals surface area contributed by atoms with Crippen LogP contribution in [0.1, 0.15) is 72.4 Å². The number of rotatable bonds is 3. The average Bonchev–Trinajstić information content (AvgIpc) is 2.72. The summed E-state index contributed by atoms with van der Waals surface area (Å²) >= 11 is 0. The Morgan fingerprint density at radius 3 is 2.21 bits per heavy atom. The van der Waals surface area contributed by atoms with Gasteiger partial charge in [-0.2, -0.15) is 0 Å². The largest absolute Gasteiger partial charge is 0.512 e. The molecule has 0 saturated carbocycles. The number of fused-ring (bicyclic) bond motifs is 1. The fourth-order valence-electron chi connectivity index (χ4n) is 2.90. The minimum atomic E-state index is -0.417. The van der Waals surface area contributed by atoms with Crippen molar-refractivity contribution in [2.24, 2.45) is 10.8 Å². The van der Waals surface area contributed by atoms with Crippen LogP contribution >= 0.6 is 0 Å². The van der Waals surface area contributed by atoms with Gasteiger partial charge in [0, 0.05) is 61.0 Å². The third-order valence-electron chi connectivity index (χ3n) is 5.27. The van der Waals surface area contributed by atoms with Crippen molar-refractivity contribution < 1.29 is 30.0 Å². The van der Waals surface area contributed by atoms with Crippen LogP contribution in [-0.4, -0.2) is 20.9 Å². The van der Waals surface area contributed by atoms with Crippen molar-refractivity contribution in [3.8, 4) is 11.3 Å². The molecule has 1 aromatic carbocycles. The maximum absolute atomic E-state index is 11.5. The van der Waals surface area contributed by atoms with Gasteiger partial charge in [-0.15, -0.1) is 34.9 Å². The number of ketones is 1. The molecule has 0 aliphatic heterocycles. The summed E-state index contributed by atoms with van der Waals surface area (Å²) in [4.78, 5) is 20.2. The van der Waals surface area contributed by atoms with Gasteiger partial charge in [-0.3, -0.25) is 9.78 Å². The van der Waals surface area contributed by atoms with E-state index in [1.54, 1.807) is 6.20 Å². The summed E-state index contributed by atoms with van der Waals surface area (Å²) in [6.45, 7) is 17.6. The van der Waals surface area contributed by atoms with Gasteiger partial charge in [0.2, 0.25) is 0 Å². The van der Waals surface area contributed by atoms with Crippen LogP contribution in [0.2, 0.25) is 0 Å². The zero-order chi connectivity index (χ0) is 25.0. The van der Waals surface area contributed by atoms with E-state index in [1.165, 1.54) is 11.6 Å². The topological polar surface area (TPSA) is 63.1 Å². The number of hydrogen-bond acceptors (Lipinski definition) is 4. The number of carbonyl (C=O) groups is 1. The van der Waals surface area contributed by atoms with Gasteiger partial charge in [0.25, 0.3) is 0 Å². The maximum atomic E-state index is 11.5. The smallest absolute Gasteiger partial charge is 0.164 e. The number of aliphatic hydroxyl groups is 1. The number of hydrogen-bond donors (Lipinski definition) is 1. The van der Waals surface area contributed by atoms with Gasteiger partial charge in [0.05, 0.1) is 0 Å². The molecule has 0 aliphatic rings. The van der Waals surface area contributed by atoms with Crippen LogP contribution in [0.25, 0.3) is 22.0 Å². The summed E-state index contributed by atoms with van der Waals surface area (Å²) in [5.74, 6) is 0.608. The molecule has 0 amide bonds. The standard InChI is InChI=1S/C18H17N2.C11H20O2.Ir/c1-12(2)15-6-13(3)7-16(8-15)18-9-17-10-19-5-4-14(17)11-20-18;1-10(2,3)8(12)7-9(13)11(4,5)6;/h4-6,8-12H,1-3H3;7,12H,1-6H3;/q-1;;/b;8-7-;. The first-order chi connectivity index (χ1) is 15.2. The van der Waals surface area contributed by atoms with Crippen molar-refractivity contribution >= 4 is 16.6 Å². The van der Waals surface area contributed by atoms with Gasteiger partial charge >= 0.3 is 0 Å². The Morgan fingerprint density at radius 2 is 1.65 bits per heavy atom. The molecule has 5 heteroatoms. The van der Waals surface area contributed by atoms with Crippen molar-refractivity contribution in [3.63, 3.8) is 0 Å². The molecule has 0 fully saturated rings. The van der Waals surface area contributed by atoms with Crippen LogP contribution in [-0.2, 0) is 24.9 Å². The quantitative estimate of drug-likeness (QED) is 0.182. The van der Waals surface area contributed by atoms with Gasteiger partial charge in [0.1, 0.15) is 5.76 Å². The van der Waals surface area contributed by atoms with Crippen molar-refractivity contribution in [2.75, 3.05) is 0 Å². The first kappa shape index (κ1) is 29.7. The van der Waals surface area contributed by atoms with Crippen molar-refractivity contribution in [1.82, 2.24) is 9.97 Å². The Hall–Kier alpha value is -2.36. The molecule has 0 bridgehead atoms. The van der Waals surface area contributed by atoms with Crippen LogP contribution in [0.4, 0.5) is 0 Å². The van der Waals surface area contributed by atoms with E-state index in [9.17, 15) is 9.90 Å². The minimum Gasteiger partial charge on any atom is -0.512 e. The van der Waals surface area contributed by atoms with E-state index in [4.69, 9.17) is 0 Å². The van der Waals surface area contributed by atoms with Gasteiger partial charge in [0.15, 0.2) is 5.78 Å². The Balaban J connectivity index is 0.000000364. The molecule has 0 saturated heterocycles. The van der Waals surface area contributed by atoms with Gasteiger partial charge in [-0.05, 0) is 23.1 Å². The molecule has 3 rings (SSSR count). The minimum absolute atomic E-state index is 0. The first-order valence-corrected chi connectivity index (χ1v) is 11.4. The van der Waals surface area contributed by atoms with E-state index in [-0.39, 0.29) is 37.1 Å². The Bertz CT molecular complexity index is 1150. The Kier molecular flexibility index (Phi) is 10.3. The molecule has 4 nitrogen and oxygen atoms in total. The first-order valence-electron chi connectivity index (χ1n) is 11.4. The molecule has 1 N–H and O–H groups in total. The van der Waals surface area contributed by atoms with Crippen LogP contribution in [0.3, 0.4) is 0 Å². The van der Waals surface area contributed by atoms with Crippen molar-refractivity contribution in [3.05, 3.63) is 71.9 Å². The number of aromatic nitrogens is 2. The number of aliphatic hydroxyl groups excluding tert-OH is 1. The Morgan fingerprint density at radius 1 is 1.00 bits per heavy atom. The fraction of sp³-hybridized carbons (Fsp3) is 0.414. The molecule has 0 atom stereocenters. The zero-order valence-corrected chi connectivity index (χ0v) is 24.2. The molecule has 34 heavy (non-hydrogen) atoms. The molecule has 3 aromatic rings. The van der Waals surface area contributed by atoms with Crippen LogP contribution in [0.5, 0.6) is 0 Å². The van der Waals surface area contributed by atoms with Crippen LogP contribution < -0.4 is 0 Å². The number of nitrogens with zero attached hydrogens (tertiary/aromatic N) is 2. The normalized spacial score (nSPS) is 12.1. The summed E-state index contributed by atoms with van der Waals surface area (Å²) < 4.78 is 0. The number of carbonyl (C=O) groups excluding carboxylic acids is 1. The van der Waals surface area contributed by atoms with E-state index in [0.29, 0.717) is 5.92 Å². The summed E-state index contributed by atoms with van der Waals surface area (Å²) in [6, 6.07) is 11.8. The molecule has 0 unspecified atom stereocenters. The summed E-state index contributed by atoms with van der Waals surface area (Å²) in [5, 5.41) is 11.8. The second-order valence-corrected chi connectivity index (χ2v) is 10.9. The number of allylic oxidation sites excluding steroid dienone is 2. The molecule has 0 aliphatic carbocycles. The fourth-order valence-corrected chi connectivity index (χ4v) is 2.90. The Labute approximate surface area is 218 Å². The zero-order valence-electron chi connectivity index (χ0n) is 21.8. The number of pyridine rings is 2. The third-order valence-corrected chi connectivity index (χ3v) is 5.27. The third kappa shape index (κ3) is 8.45. The molecule has 0 spiro atoms. The second kappa shape index (κ2) is 11.9. The molecule has 2 aromatic heterocycles. The van der Waals surface area contributed by atoms with E-state index in [0.717, 1.165) is 27.6 Å². The molecule has 1 radical (unpaired) electrons.